The highest BCUT2D eigenvalue weighted by Gasteiger charge is 2.75. The first kappa shape index (κ1) is 23.2. The number of hydrogen-bond donors (Lipinski definition) is 1. The second-order valence-electron chi connectivity index (χ2n) is 9.81. The van der Waals surface area contributed by atoms with Gasteiger partial charge in [-0.05, 0) is 17.9 Å². The van der Waals surface area contributed by atoms with Crippen molar-refractivity contribution in [2.75, 3.05) is 18.1 Å². The Labute approximate surface area is 197 Å². The van der Waals surface area contributed by atoms with E-state index in [0.717, 1.165) is 11.5 Å². The van der Waals surface area contributed by atoms with Gasteiger partial charge in [-0.25, -0.2) is 15.0 Å². The maximum Gasteiger partial charge on any atom is 0.246 e. The van der Waals surface area contributed by atoms with Crippen molar-refractivity contribution in [2.24, 2.45) is 10.8 Å². The molecule has 1 aliphatic heterocycles. The van der Waals surface area contributed by atoms with E-state index in [0.29, 0.717) is 17.0 Å². The molecule has 3 radical (unpaired) electrons. The maximum absolute atomic E-state index is 6.88. The first-order valence-corrected chi connectivity index (χ1v) is 12.2. The van der Waals surface area contributed by atoms with Gasteiger partial charge in [0.2, 0.25) is 10.5 Å². The molecular weight excluding hydrogens is 438 g/mol. The van der Waals surface area contributed by atoms with Crippen LogP contribution >= 0.6 is 11.8 Å². The summed E-state index contributed by atoms with van der Waals surface area (Å²) in [5.74, 6) is 2.12. The quantitative estimate of drug-likeness (QED) is 0.526. The third kappa shape index (κ3) is 3.29. The van der Waals surface area contributed by atoms with E-state index in [4.69, 9.17) is 14.9 Å². The maximum atomic E-state index is 6.88. The number of hydrogen-bond acceptors (Lipinski definition) is 7. The van der Waals surface area contributed by atoms with Crippen molar-refractivity contribution in [3.05, 3.63) is 48.5 Å². The van der Waals surface area contributed by atoms with Crippen molar-refractivity contribution in [1.29, 1.82) is 0 Å². The molecule has 3 heterocycles. The molecule has 1 fully saturated rings. The van der Waals surface area contributed by atoms with Crippen LogP contribution in [0.5, 0.6) is 0 Å². The Kier molecular flexibility index (Phi) is 5.90. The molecule has 4 rings (SSSR count). The van der Waals surface area contributed by atoms with Gasteiger partial charge in [-0.1, -0.05) is 58.0 Å². The van der Waals surface area contributed by atoms with Gasteiger partial charge in [-0.15, -0.1) is 0 Å². The van der Waals surface area contributed by atoms with Gasteiger partial charge in [0.15, 0.2) is 17.2 Å². The highest BCUT2D eigenvalue weighted by molar-refractivity contribution is 7.98. The van der Waals surface area contributed by atoms with Gasteiger partial charge in [-0.3, -0.25) is 4.57 Å². The van der Waals surface area contributed by atoms with Gasteiger partial charge in [0.25, 0.3) is 0 Å². The lowest BCUT2D eigenvalue weighted by Gasteiger charge is -2.72. The average molecular weight is 469 g/mol. The second kappa shape index (κ2) is 8.13. The Hall–Kier alpha value is -1.94. The monoisotopic (exact) mass is 468 g/mol. The number of anilines is 1. The third-order valence-electron chi connectivity index (χ3n) is 7.24. The summed E-state index contributed by atoms with van der Waals surface area (Å²) in [5.41, 5.74) is 6.88. The minimum absolute atomic E-state index is 0.116. The summed E-state index contributed by atoms with van der Waals surface area (Å²) in [4.78, 5) is 13.1. The Morgan fingerprint density at radius 3 is 2.53 bits per heavy atom. The first-order chi connectivity index (χ1) is 15.1. The highest BCUT2D eigenvalue weighted by atomic mass is 32.2. The lowest BCUT2D eigenvalue weighted by molar-refractivity contribution is -0.433. The van der Waals surface area contributed by atoms with Gasteiger partial charge in [0.05, 0.1) is 24.0 Å². The predicted molar refractivity (Wildman–Crippen MR) is 129 cm³/mol. The van der Waals surface area contributed by atoms with Crippen molar-refractivity contribution < 1.29 is 9.16 Å². The van der Waals surface area contributed by atoms with Gasteiger partial charge < -0.3 is 14.9 Å². The van der Waals surface area contributed by atoms with Crippen LogP contribution in [0.25, 0.3) is 11.2 Å². The fourth-order valence-corrected chi connectivity index (χ4v) is 6.49. The Bertz CT molecular complexity index is 1100. The predicted octanol–water partition coefficient (Wildman–Crippen LogP) is 3.94. The number of fused-ring (bicyclic) bond motifs is 1. The lowest BCUT2D eigenvalue weighted by Crippen LogP contribution is -2.80. The SMILES string of the molecule is CC(C)(C)[C@]1(C)O[C@](CO[Si])(n2cnc3c(N)ncnc32)[C@]1(C)CSCc1ccccc1. The number of benzene rings is 1. The standard InChI is InChI=1S/C23H30N5O2SSi/c1-20(2,3)22(5)21(4,13-31-11-16-9-7-6-8-10-16)23(30-22,12-29-32)28-15-27-17-18(24)25-14-26-19(17)28/h6-10,14-15H,11-13H2,1-5H3,(H2,24,25,26)/t21-,22+,23+/m1/s1. The summed E-state index contributed by atoms with van der Waals surface area (Å²) < 4.78 is 14.4. The van der Waals surface area contributed by atoms with Gasteiger partial charge >= 0.3 is 0 Å². The molecule has 3 atom stereocenters. The van der Waals surface area contributed by atoms with E-state index in [9.17, 15) is 0 Å². The van der Waals surface area contributed by atoms with Crippen molar-refractivity contribution in [3.63, 3.8) is 0 Å². The molecule has 0 amide bonds. The number of ether oxygens (including phenoxy) is 1. The number of thioether (sulfide) groups is 1. The van der Waals surface area contributed by atoms with E-state index in [1.807, 2.05) is 22.4 Å². The van der Waals surface area contributed by atoms with Crippen LogP contribution in [0.3, 0.4) is 0 Å². The largest absolute Gasteiger partial charge is 0.414 e. The Morgan fingerprint density at radius 2 is 1.88 bits per heavy atom. The lowest BCUT2D eigenvalue weighted by atomic mass is 9.53. The minimum Gasteiger partial charge on any atom is -0.414 e. The minimum atomic E-state index is -0.823. The van der Waals surface area contributed by atoms with Crippen LogP contribution in [0, 0.1) is 10.8 Å². The fourth-order valence-electron chi connectivity index (χ4n) is 4.86. The van der Waals surface area contributed by atoms with Gasteiger partial charge in [0, 0.05) is 11.5 Å². The summed E-state index contributed by atoms with van der Waals surface area (Å²) in [5, 5.41) is 0. The zero-order valence-electron chi connectivity index (χ0n) is 19.3. The number of nitrogens with zero attached hydrogens (tertiary/aromatic N) is 4. The van der Waals surface area contributed by atoms with Crippen LogP contribution < -0.4 is 5.73 Å². The summed E-state index contributed by atoms with van der Waals surface area (Å²) >= 11 is 1.90. The summed E-state index contributed by atoms with van der Waals surface area (Å²) in [6, 6.07) is 10.5. The molecule has 0 saturated carbocycles. The first-order valence-electron chi connectivity index (χ1n) is 10.6. The molecule has 1 saturated heterocycles. The summed E-state index contributed by atoms with van der Waals surface area (Å²) in [6.07, 6.45) is 3.20. The van der Waals surface area contributed by atoms with E-state index in [1.165, 1.54) is 11.9 Å². The molecule has 1 aliphatic rings. The number of nitrogens with two attached hydrogens (primary N) is 1. The zero-order valence-corrected chi connectivity index (χ0v) is 21.1. The van der Waals surface area contributed by atoms with E-state index in [1.54, 1.807) is 6.33 Å². The fraction of sp³-hybridized carbons (Fsp3) is 0.522. The molecule has 0 bridgehead atoms. The van der Waals surface area contributed by atoms with Gasteiger partial charge in [0.1, 0.15) is 11.8 Å². The number of imidazole rings is 1. The molecule has 2 N–H and O–H groups in total. The molecule has 2 aromatic heterocycles. The summed E-state index contributed by atoms with van der Waals surface area (Å²) in [6.45, 7) is 11.4. The number of nitrogen functional groups attached to an aromatic ring is 1. The van der Waals surface area contributed by atoms with Gasteiger partial charge in [-0.2, -0.15) is 11.8 Å². The molecular formula is C23H30N5O2SSi. The molecule has 0 unspecified atom stereocenters. The smallest absolute Gasteiger partial charge is 0.246 e. The van der Waals surface area contributed by atoms with E-state index in [2.05, 4.69) is 84.3 Å². The highest BCUT2D eigenvalue weighted by Crippen LogP contribution is 2.67. The van der Waals surface area contributed by atoms with E-state index >= 15 is 0 Å². The Balaban J connectivity index is 1.78. The van der Waals surface area contributed by atoms with Crippen molar-refractivity contribution in [2.45, 2.75) is 51.7 Å². The van der Waals surface area contributed by atoms with Crippen molar-refractivity contribution in [1.82, 2.24) is 19.5 Å². The van der Waals surface area contributed by atoms with Crippen LogP contribution in [-0.4, -0.2) is 48.0 Å². The van der Waals surface area contributed by atoms with Crippen LogP contribution in [0.4, 0.5) is 5.82 Å². The molecule has 9 heteroatoms. The van der Waals surface area contributed by atoms with E-state index in [-0.39, 0.29) is 17.4 Å². The Morgan fingerprint density at radius 1 is 1.16 bits per heavy atom. The molecule has 1 aromatic carbocycles. The third-order valence-corrected chi connectivity index (χ3v) is 8.70. The van der Waals surface area contributed by atoms with E-state index < -0.39 is 11.3 Å². The van der Waals surface area contributed by atoms with Crippen molar-refractivity contribution >= 4 is 39.2 Å². The topological polar surface area (TPSA) is 88.1 Å². The van der Waals surface area contributed by atoms with Crippen LogP contribution in [0.2, 0.25) is 0 Å². The number of aromatic nitrogens is 4. The molecule has 0 aliphatic carbocycles. The average Bonchev–Trinajstić information content (AvgIpc) is 3.19. The van der Waals surface area contributed by atoms with Crippen LogP contribution in [-0.2, 0) is 20.6 Å². The molecule has 3 aromatic rings. The summed E-state index contributed by atoms with van der Waals surface area (Å²) in [7, 11) is 3.25. The number of rotatable bonds is 7. The normalized spacial score (nSPS) is 28.1. The molecule has 0 spiro atoms. The molecule has 7 nitrogen and oxygen atoms in total. The molecule has 32 heavy (non-hydrogen) atoms. The van der Waals surface area contributed by atoms with Crippen LogP contribution in [0.15, 0.2) is 43.0 Å². The van der Waals surface area contributed by atoms with Crippen molar-refractivity contribution in [3.8, 4) is 0 Å². The zero-order chi connectivity index (χ0) is 23.2. The van der Waals surface area contributed by atoms with Crippen LogP contribution in [0.1, 0.15) is 40.2 Å². The second-order valence-corrected chi connectivity index (χ2v) is 11.1. The molecule has 169 valence electrons.